The van der Waals surface area contributed by atoms with E-state index in [1.54, 1.807) is 23.0 Å². The third kappa shape index (κ3) is 1.75. The van der Waals surface area contributed by atoms with Gasteiger partial charge in [-0.05, 0) is 12.1 Å². The Morgan fingerprint density at radius 1 is 1.16 bits per heavy atom. The maximum Gasteiger partial charge on any atom is 0.269 e. The molecule has 3 rings (SSSR count). The molecular weight excluding hydrogens is 248 g/mol. The first-order valence-corrected chi connectivity index (χ1v) is 5.35. The van der Waals surface area contributed by atoms with Gasteiger partial charge in [0.2, 0.25) is 0 Å². The van der Waals surface area contributed by atoms with E-state index in [4.69, 9.17) is 5.73 Å². The summed E-state index contributed by atoms with van der Waals surface area (Å²) in [5, 5.41) is 10.6. The molecule has 0 saturated carbocycles. The fraction of sp³-hybridized carbons (Fsp3) is 0. The average molecular weight is 256 g/mol. The first-order chi connectivity index (χ1) is 9.16. The Labute approximate surface area is 106 Å². The Hall–Kier alpha value is -3.03. The maximum atomic E-state index is 10.6. The van der Waals surface area contributed by atoms with Gasteiger partial charge in [-0.2, -0.15) is 0 Å². The molecule has 0 bridgehead atoms. The standard InChI is InChI=1S/C11H8N6O2/c12-10-9-11(14-5-13-10)15-6-16(9)7-1-3-8(4-2-7)17(18)19/h1-6H,(H2,12,13,14). The number of anilines is 1. The van der Waals surface area contributed by atoms with E-state index in [-0.39, 0.29) is 5.69 Å². The summed E-state index contributed by atoms with van der Waals surface area (Å²) in [6, 6.07) is 6.07. The minimum absolute atomic E-state index is 0.0254. The van der Waals surface area contributed by atoms with Gasteiger partial charge in [0.05, 0.1) is 4.92 Å². The van der Waals surface area contributed by atoms with Gasteiger partial charge in [0.25, 0.3) is 5.69 Å². The number of fused-ring (bicyclic) bond motifs is 1. The van der Waals surface area contributed by atoms with E-state index in [1.807, 2.05) is 0 Å². The zero-order chi connectivity index (χ0) is 13.4. The number of imidazole rings is 1. The number of nitro groups is 1. The lowest BCUT2D eigenvalue weighted by molar-refractivity contribution is -0.384. The Morgan fingerprint density at radius 3 is 2.58 bits per heavy atom. The van der Waals surface area contributed by atoms with Crippen LogP contribution >= 0.6 is 0 Å². The number of non-ortho nitro benzene ring substituents is 1. The van der Waals surface area contributed by atoms with Crippen LogP contribution in [0.1, 0.15) is 0 Å². The normalized spacial score (nSPS) is 10.7. The number of benzene rings is 1. The number of hydrogen-bond donors (Lipinski definition) is 1. The van der Waals surface area contributed by atoms with Crippen LogP contribution < -0.4 is 5.73 Å². The lowest BCUT2D eigenvalue weighted by Crippen LogP contribution is -1.99. The van der Waals surface area contributed by atoms with E-state index in [0.29, 0.717) is 22.7 Å². The smallest absolute Gasteiger partial charge is 0.269 e. The molecule has 0 spiro atoms. The van der Waals surface area contributed by atoms with E-state index in [2.05, 4.69) is 15.0 Å². The predicted octanol–water partition coefficient (Wildman–Crippen LogP) is 1.31. The molecule has 0 aliphatic carbocycles. The van der Waals surface area contributed by atoms with E-state index < -0.39 is 4.92 Å². The molecular formula is C11H8N6O2. The summed E-state index contributed by atoms with van der Waals surface area (Å²) in [6.07, 6.45) is 2.89. The summed E-state index contributed by atoms with van der Waals surface area (Å²) in [5.74, 6) is 0.306. The summed E-state index contributed by atoms with van der Waals surface area (Å²) in [6.45, 7) is 0. The van der Waals surface area contributed by atoms with Crippen LogP contribution in [-0.2, 0) is 0 Å². The molecule has 0 radical (unpaired) electrons. The molecule has 2 N–H and O–H groups in total. The number of nitro benzene ring substituents is 1. The minimum atomic E-state index is -0.451. The molecule has 0 unspecified atom stereocenters. The second-order valence-electron chi connectivity index (χ2n) is 3.82. The summed E-state index contributed by atoms with van der Waals surface area (Å²) in [4.78, 5) is 22.2. The van der Waals surface area contributed by atoms with Gasteiger partial charge in [0.1, 0.15) is 18.2 Å². The van der Waals surface area contributed by atoms with Crippen LogP contribution in [0, 0.1) is 10.1 Å². The number of hydrogen-bond acceptors (Lipinski definition) is 6. The van der Waals surface area contributed by atoms with Gasteiger partial charge in [-0.3, -0.25) is 14.7 Å². The number of aromatic nitrogens is 4. The first-order valence-electron chi connectivity index (χ1n) is 5.35. The third-order valence-corrected chi connectivity index (χ3v) is 2.71. The lowest BCUT2D eigenvalue weighted by atomic mass is 10.3. The highest BCUT2D eigenvalue weighted by Gasteiger charge is 2.11. The molecule has 0 aliphatic heterocycles. The molecule has 0 atom stereocenters. The molecule has 2 aromatic heterocycles. The van der Waals surface area contributed by atoms with Crippen molar-refractivity contribution in [2.45, 2.75) is 0 Å². The fourth-order valence-electron chi connectivity index (χ4n) is 1.81. The quantitative estimate of drug-likeness (QED) is 0.546. The maximum absolute atomic E-state index is 10.6. The van der Waals surface area contributed by atoms with Crippen molar-refractivity contribution < 1.29 is 4.92 Å². The van der Waals surface area contributed by atoms with Gasteiger partial charge < -0.3 is 5.73 Å². The van der Waals surface area contributed by atoms with Crippen molar-refractivity contribution in [3.8, 4) is 5.69 Å². The van der Waals surface area contributed by atoms with Crippen molar-refractivity contribution in [3.63, 3.8) is 0 Å². The van der Waals surface area contributed by atoms with Crippen LogP contribution in [0.25, 0.3) is 16.9 Å². The Kier molecular flexibility index (Phi) is 2.34. The molecule has 8 nitrogen and oxygen atoms in total. The molecule has 0 fully saturated rings. The number of nitrogen functional groups attached to an aromatic ring is 1. The van der Waals surface area contributed by atoms with Crippen molar-refractivity contribution in [2.24, 2.45) is 0 Å². The van der Waals surface area contributed by atoms with Crippen LogP contribution in [0.5, 0.6) is 0 Å². The number of nitrogens with two attached hydrogens (primary N) is 1. The summed E-state index contributed by atoms with van der Waals surface area (Å²) >= 11 is 0. The van der Waals surface area contributed by atoms with Crippen molar-refractivity contribution in [3.05, 3.63) is 47.0 Å². The molecule has 2 heterocycles. The highest BCUT2D eigenvalue weighted by atomic mass is 16.6. The molecule has 0 saturated heterocycles. The van der Waals surface area contributed by atoms with Crippen molar-refractivity contribution >= 4 is 22.7 Å². The predicted molar refractivity (Wildman–Crippen MR) is 67.7 cm³/mol. The lowest BCUT2D eigenvalue weighted by Gasteiger charge is -2.04. The SMILES string of the molecule is Nc1ncnc2ncn(-c3ccc([N+](=O)[O-])cc3)c12. The monoisotopic (exact) mass is 256 g/mol. The average Bonchev–Trinajstić information content (AvgIpc) is 2.84. The molecule has 8 heteroatoms. The van der Waals surface area contributed by atoms with E-state index in [9.17, 15) is 10.1 Å². The largest absolute Gasteiger partial charge is 0.382 e. The second kappa shape index (κ2) is 4.02. The second-order valence-corrected chi connectivity index (χ2v) is 3.82. The zero-order valence-corrected chi connectivity index (χ0v) is 9.59. The Bertz CT molecular complexity index is 764. The zero-order valence-electron chi connectivity index (χ0n) is 9.59. The molecule has 94 valence electrons. The highest BCUT2D eigenvalue weighted by Crippen LogP contribution is 2.21. The van der Waals surface area contributed by atoms with Crippen molar-refractivity contribution in [1.29, 1.82) is 0 Å². The minimum Gasteiger partial charge on any atom is -0.382 e. The van der Waals surface area contributed by atoms with Crippen LogP contribution in [0.15, 0.2) is 36.9 Å². The van der Waals surface area contributed by atoms with E-state index in [1.165, 1.54) is 18.5 Å². The van der Waals surface area contributed by atoms with Crippen LogP contribution in [0.2, 0.25) is 0 Å². The van der Waals surface area contributed by atoms with Crippen LogP contribution in [0.3, 0.4) is 0 Å². The summed E-state index contributed by atoms with van der Waals surface area (Å²) in [7, 11) is 0. The molecule has 3 aromatic rings. The van der Waals surface area contributed by atoms with Gasteiger partial charge in [-0.15, -0.1) is 0 Å². The van der Waals surface area contributed by atoms with Crippen LogP contribution in [-0.4, -0.2) is 24.4 Å². The summed E-state index contributed by atoms with van der Waals surface area (Å²) in [5.41, 5.74) is 7.58. The molecule has 1 aromatic carbocycles. The number of nitrogens with zero attached hydrogens (tertiary/aromatic N) is 5. The van der Waals surface area contributed by atoms with Crippen molar-refractivity contribution in [2.75, 3.05) is 5.73 Å². The first kappa shape index (κ1) is 11.1. The Balaban J connectivity index is 2.16. The van der Waals surface area contributed by atoms with Crippen molar-refractivity contribution in [1.82, 2.24) is 19.5 Å². The number of rotatable bonds is 2. The van der Waals surface area contributed by atoms with Gasteiger partial charge in [0, 0.05) is 17.8 Å². The third-order valence-electron chi connectivity index (χ3n) is 2.71. The Morgan fingerprint density at radius 2 is 1.89 bits per heavy atom. The van der Waals surface area contributed by atoms with E-state index in [0.717, 1.165) is 0 Å². The molecule has 0 aliphatic rings. The fourth-order valence-corrected chi connectivity index (χ4v) is 1.81. The van der Waals surface area contributed by atoms with Gasteiger partial charge >= 0.3 is 0 Å². The topological polar surface area (TPSA) is 113 Å². The van der Waals surface area contributed by atoms with E-state index >= 15 is 0 Å². The molecule has 0 amide bonds. The van der Waals surface area contributed by atoms with Gasteiger partial charge in [-0.1, -0.05) is 0 Å². The highest BCUT2D eigenvalue weighted by molar-refractivity contribution is 5.83. The summed E-state index contributed by atoms with van der Waals surface area (Å²) < 4.78 is 1.69. The van der Waals surface area contributed by atoms with Gasteiger partial charge in [-0.25, -0.2) is 15.0 Å². The molecule has 19 heavy (non-hydrogen) atoms. The van der Waals surface area contributed by atoms with Crippen LogP contribution in [0.4, 0.5) is 11.5 Å². The van der Waals surface area contributed by atoms with Gasteiger partial charge in [0.15, 0.2) is 11.5 Å².